The summed E-state index contributed by atoms with van der Waals surface area (Å²) < 4.78 is 0. The van der Waals surface area contributed by atoms with Gasteiger partial charge in [0.15, 0.2) is 0 Å². The maximum Gasteiger partial charge on any atom is 2.00 e. The number of carbonyl (C=O) groups is 2. The van der Waals surface area contributed by atoms with Gasteiger partial charge in [0.1, 0.15) is 0 Å². The minimum Gasteiger partial charge on any atom is -0.550 e. The topological polar surface area (TPSA) is 206 Å². The van der Waals surface area contributed by atoms with Gasteiger partial charge in [0.05, 0.1) is 0 Å². The standard InChI is InChI=1S/2C2H4O2.4H2O.Zr/c2*1-2(3)4;;;;;/h2*1H3,(H,3,4);4*1H2;/q;;;;;;+2/p-2. The third-order valence-corrected chi connectivity index (χ3v) is 0. The molecule has 0 aromatic heterocycles. The Kier molecular flexibility index (Phi) is 171. The summed E-state index contributed by atoms with van der Waals surface area (Å²) in [6.07, 6.45) is 0. The molecule has 0 saturated heterocycles. The molecule has 0 aliphatic carbocycles. The van der Waals surface area contributed by atoms with E-state index in [1.54, 1.807) is 0 Å². The molecule has 0 saturated carbocycles. The average Bonchev–Trinajstić information content (AvgIpc) is 1.25. The molecule has 0 bridgehead atoms. The zero-order chi connectivity index (χ0) is 7.15. The van der Waals surface area contributed by atoms with E-state index in [9.17, 15) is 0 Å². The van der Waals surface area contributed by atoms with Gasteiger partial charge in [-0.2, -0.15) is 0 Å². The number of rotatable bonds is 0. The number of hydrogen-bond acceptors (Lipinski definition) is 4. The van der Waals surface area contributed by atoms with E-state index in [0.29, 0.717) is 0 Å². The van der Waals surface area contributed by atoms with Crippen LogP contribution in [0.5, 0.6) is 0 Å². The first-order valence-electron chi connectivity index (χ1n) is 1.82. The second-order valence-electron chi connectivity index (χ2n) is 0.983. The average molecular weight is 281 g/mol. The zero-order valence-electron chi connectivity index (χ0n) is 7.13. The van der Waals surface area contributed by atoms with E-state index in [1.165, 1.54) is 0 Å². The predicted molar refractivity (Wildman–Crippen MR) is 35.8 cm³/mol. The van der Waals surface area contributed by atoms with Crippen LogP contribution in [0.15, 0.2) is 0 Å². The van der Waals surface area contributed by atoms with Crippen molar-refractivity contribution in [2.75, 3.05) is 0 Å². The molecule has 82 valence electrons. The van der Waals surface area contributed by atoms with Crippen molar-refractivity contribution in [1.29, 1.82) is 0 Å². The zero-order valence-corrected chi connectivity index (χ0v) is 9.59. The van der Waals surface area contributed by atoms with Crippen LogP contribution in [0.25, 0.3) is 0 Å². The van der Waals surface area contributed by atoms with Gasteiger partial charge in [-0.25, -0.2) is 0 Å². The fourth-order valence-corrected chi connectivity index (χ4v) is 0. The molecule has 0 fully saturated rings. The minimum atomic E-state index is -1.08. The Morgan fingerprint density at radius 1 is 0.769 bits per heavy atom. The minimum absolute atomic E-state index is 0. The van der Waals surface area contributed by atoms with Crippen molar-refractivity contribution in [3.63, 3.8) is 0 Å². The fraction of sp³-hybridized carbons (Fsp3) is 0.500. The van der Waals surface area contributed by atoms with Crippen molar-refractivity contribution in [2.45, 2.75) is 13.8 Å². The van der Waals surface area contributed by atoms with Crippen molar-refractivity contribution in [3.05, 3.63) is 0 Å². The maximum atomic E-state index is 8.89. The van der Waals surface area contributed by atoms with E-state index in [-0.39, 0.29) is 48.1 Å². The van der Waals surface area contributed by atoms with Gasteiger partial charge >= 0.3 is 26.2 Å². The summed E-state index contributed by atoms with van der Waals surface area (Å²) in [6.45, 7) is 1.94. The molecule has 0 rings (SSSR count). The molecular formula is C4H14O8Zr. The van der Waals surface area contributed by atoms with Crippen LogP contribution in [0.1, 0.15) is 13.8 Å². The third kappa shape index (κ3) is 9600. The summed E-state index contributed by atoms with van der Waals surface area (Å²) in [5.41, 5.74) is 0. The largest absolute Gasteiger partial charge is 2.00 e. The molecule has 0 heterocycles. The Hall–Kier alpha value is -0.337. The van der Waals surface area contributed by atoms with Crippen LogP contribution in [0.3, 0.4) is 0 Å². The molecule has 13 heavy (non-hydrogen) atoms. The summed E-state index contributed by atoms with van der Waals surface area (Å²) in [5, 5.41) is 17.8. The van der Waals surface area contributed by atoms with Gasteiger partial charge in [-0.1, -0.05) is 0 Å². The van der Waals surface area contributed by atoms with Crippen LogP contribution in [0, 0.1) is 0 Å². The SMILES string of the molecule is CC(=O)[O-].CC(=O)[O-].O.O.O.O.[Zr+2]. The molecule has 0 atom stereocenters. The van der Waals surface area contributed by atoms with Crippen LogP contribution < -0.4 is 10.2 Å². The monoisotopic (exact) mass is 280 g/mol. The molecular weight excluding hydrogens is 267 g/mol. The molecule has 0 radical (unpaired) electrons. The van der Waals surface area contributed by atoms with Gasteiger partial charge in [-0.05, 0) is 13.8 Å². The molecule has 9 heteroatoms. The van der Waals surface area contributed by atoms with Crippen LogP contribution in [0.4, 0.5) is 0 Å². The normalized spacial score (nSPS) is 3.85. The van der Waals surface area contributed by atoms with Crippen LogP contribution >= 0.6 is 0 Å². The van der Waals surface area contributed by atoms with Gasteiger partial charge in [0, 0.05) is 11.9 Å². The number of carbonyl (C=O) groups excluding carboxylic acids is 2. The molecule has 0 aliphatic rings. The number of carboxylic acid groups (broad SMARTS) is 2. The van der Waals surface area contributed by atoms with Gasteiger partial charge in [0.2, 0.25) is 0 Å². The van der Waals surface area contributed by atoms with E-state index in [1.807, 2.05) is 0 Å². The quantitative estimate of drug-likeness (QED) is 0.424. The molecule has 0 aromatic rings. The summed E-state index contributed by atoms with van der Waals surface area (Å²) in [6, 6.07) is 0. The summed E-state index contributed by atoms with van der Waals surface area (Å²) in [5.74, 6) is -2.17. The number of hydrogen-bond donors (Lipinski definition) is 0. The smallest absolute Gasteiger partial charge is 0.550 e. The van der Waals surface area contributed by atoms with Crippen molar-refractivity contribution in [1.82, 2.24) is 0 Å². The van der Waals surface area contributed by atoms with Gasteiger partial charge < -0.3 is 41.7 Å². The van der Waals surface area contributed by atoms with Crippen molar-refractivity contribution < 1.29 is 67.9 Å². The first-order chi connectivity index (χ1) is 3.46. The molecule has 0 aliphatic heterocycles. The van der Waals surface area contributed by atoms with Gasteiger partial charge in [-0.3, -0.25) is 0 Å². The summed E-state index contributed by atoms with van der Waals surface area (Å²) in [7, 11) is 0. The van der Waals surface area contributed by atoms with E-state index in [4.69, 9.17) is 19.8 Å². The van der Waals surface area contributed by atoms with E-state index >= 15 is 0 Å². The van der Waals surface area contributed by atoms with Crippen molar-refractivity contribution in [2.24, 2.45) is 0 Å². The third-order valence-electron chi connectivity index (χ3n) is 0. The Morgan fingerprint density at radius 2 is 0.769 bits per heavy atom. The van der Waals surface area contributed by atoms with Crippen LogP contribution in [0.2, 0.25) is 0 Å². The van der Waals surface area contributed by atoms with Crippen molar-refractivity contribution >= 4 is 11.9 Å². The first-order valence-corrected chi connectivity index (χ1v) is 1.82. The Balaban J connectivity index is -0.00000000800. The molecule has 0 amide bonds. The first kappa shape index (κ1) is 53.7. The van der Waals surface area contributed by atoms with Crippen molar-refractivity contribution in [3.8, 4) is 0 Å². The Bertz CT molecular complexity index is 74.1. The fourth-order valence-electron chi connectivity index (χ4n) is 0. The van der Waals surface area contributed by atoms with Gasteiger partial charge in [-0.15, -0.1) is 0 Å². The summed E-state index contributed by atoms with van der Waals surface area (Å²) >= 11 is 0. The van der Waals surface area contributed by atoms with E-state index < -0.39 is 11.9 Å². The molecule has 8 nitrogen and oxygen atoms in total. The van der Waals surface area contributed by atoms with Crippen LogP contribution in [-0.2, 0) is 35.8 Å². The molecule has 8 N–H and O–H groups in total. The number of carboxylic acids is 2. The maximum absolute atomic E-state index is 8.89. The van der Waals surface area contributed by atoms with E-state index in [0.717, 1.165) is 13.8 Å². The second-order valence-corrected chi connectivity index (χ2v) is 0.983. The molecule has 0 aromatic carbocycles. The Morgan fingerprint density at radius 3 is 0.769 bits per heavy atom. The number of aliphatic carboxylic acids is 2. The molecule has 0 spiro atoms. The van der Waals surface area contributed by atoms with E-state index in [2.05, 4.69) is 0 Å². The molecule has 0 unspecified atom stereocenters. The Labute approximate surface area is 93.9 Å². The van der Waals surface area contributed by atoms with Gasteiger partial charge in [0.25, 0.3) is 0 Å². The summed E-state index contributed by atoms with van der Waals surface area (Å²) in [4.78, 5) is 17.8. The predicted octanol–water partition coefficient (Wildman–Crippen LogP) is -5.79. The van der Waals surface area contributed by atoms with Crippen LogP contribution in [-0.4, -0.2) is 33.8 Å². The second kappa shape index (κ2) is 41.3.